The second-order valence-corrected chi connectivity index (χ2v) is 2.95. The van der Waals surface area contributed by atoms with Crippen LogP contribution in [-0.2, 0) is 21.7 Å². The third-order valence-electron chi connectivity index (χ3n) is 2.09. The normalized spacial score (nSPS) is 8.33. The molecule has 4 heteroatoms. The first kappa shape index (κ1) is 17.2. The molecular weight excluding hydrogens is 267 g/mol. The number of aromatic hydroxyl groups is 1. The van der Waals surface area contributed by atoms with E-state index in [-0.39, 0.29) is 46.5 Å². The van der Waals surface area contributed by atoms with E-state index in [4.69, 9.17) is 0 Å². The minimum absolute atomic E-state index is 0. The summed E-state index contributed by atoms with van der Waals surface area (Å²) in [4.78, 5) is 0. The summed E-state index contributed by atoms with van der Waals surface area (Å²) in [6.45, 7) is 2.00. The fourth-order valence-electron chi connectivity index (χ4n) is 1.51. The molecule has 0 amide bonds. The van der Waals surface area contributed by atoms with Gasteiger partial charge in [-0.2, -0.15) is 0 Å². The minimum Gasteiger partial charge on any atom is -0.507 e. The van der Waals surface area contributed by atoms with Gasteiger partial charge in [-0.15, -0.1) is 24.8 Å². The van der Waals surface area contributed by atoms with Crippen LogP contribution in [0, 0.1) is 6.92 Å². The molecule has 15 heavy (non-hydrogen) atoms. The summed E-state index contributed by atoms with van der Waals surface area (Å²) in [5, 5.41) is 11.6. The molecule has 0 radical (unpaired) electrons. The van der Waals surface area contributed by atoms with Crippen molar-refractivity contribution in [1.29, 1.82) is 0 Å². The summed E-state index contributed by atoms with van der Waals surface area (Å²) in [6, 6.07) is 11.6. The molecule has 0 unspecified atom stereocenters. The predicted molar refractivity (Wildman–Crippen MR) is 64.8 cm³/mol. The number of phenols is 1. The summed E-state index contributed by atoms with van der Waals surface area (Å²) in [7, 11) is 0. The van der Waals surface area contributed by atoms with Gasteiger partial charge in [-0.25, -0.2) is 0 Å². The first-order valence-corrected chi connectivity index (χ1v) is 3.96. The van der Waals surface area contributed by atoms with Crippen LogP contribution in [0.2, 0.25) is 0 Å². The molecule has 0 atom stereocenters. The van der Waals surface area contributed by atoms with E-state index in [9.17, 15) is 5.11 Å². The van der Waals surface area contributed by atoms with Crippen LogP contribution in [0.25, 0.3) is 10.8 Å². The molecule has 0 bridgehead atoms. The molecule has 0 aliphatic heterocycles. The van der Waals surface area contributed by atoms with Crippen LogP contribution >= 0.6 is 24.8 Å². The number of hydrogen-bond donors (Lipinski definition) is 1. The van der Waals surface area contributed by atoms with E-state index in [0.717, 1.165) is 16.3 Å². The third kappa shape index (κ3) is 3.39. The van der Waals surface area contributed by atoms with Gasteiger partial charge in [0, 0.05) is 27.1 Å². The molecule has 0 fully saturated rings. The zero-order valence-electron chi connectivity index (χ0n) is 8.23. The van der Waals surface area contributed by atoms with Gasteiger partial charge in [0.2, 0.25) is 0 Å². The zero-order chi connectivity index (χ0) is 8.55. The van der Waals surface area contributed by atoms with Crippen molar-refractivity contribution < 1.29 is 26.8 Å². The third-order valence-corrected chi connectivity index (χ3v) is 2.09. The Bertz CT molecular complexity index is 395. The summed E-state index contributed by atoms with van der Waals surface area (Å²) in [5.74, 6) is 0.366. The molecule has 1 nitrogen and oxygen atoms in total. The molecule has 80 valence electrons. The van der Waals surface area contributed by atoms with Crippen LogP contribution in [0.3, 0.4) is 0 Å². The standard InChI is InChI=1S/C11H10O.2ClH.Ti/c1-8-4-2-5-9-6-3-7-10(12)11(8)9;;;/h2-7,12H,1H3;2*1H;. The molecule has 0 saturated carbocycles. The molecule has 0 heterocycles. The van der Waals surface area contributed by atoms with Crippen molar-refractivity contribution in [3.8, 4) is 5.75 Å². The van der Waals surface area contributed by atoms with E-state index in [0.29, 0.717) is 5.75 Å². The average Bonchev–Trinajstić information content (AvgIpc) is 2.04. The predicted octanol–water partition coefficient (Wildman–Crippen LogP) is 3.69. The molecule has 0 aliphatic carbocycles. The van der Waals surface area contributed by atoms with Crippen LogP contribution < -0.4 is 0 Å². The van der Waals surface area contributed by atoms with Crippen LogP contribution in [0.15, 0.2) is 36.4 Å². The Hall–Kier alpha value is -0.206. The molecule has 0 aromatic heterocycles. The van der Waals surface area contributed by atoms with Crippen LogP contribution in [0.1, 0.15) is 5.56 Å². The second kappa shape index (κ2) is 7.13. The maximum Gasteiger partial charge on any atom is 0.123 e. The Labute approximate surface area is 117 Å². The van der Waals surface area contributed by atoms with E-state index >= 15 is 0 Å². The number of aryl methyl sites for hydroxylation is 1. The first-order valence-electron chi connectivity index (χ1n) is 3.96. The number of rotatable bonds is 0. The average molecular weight is 279 g/mol. The van der Waals surface area contributed by atoms with E-state index in [1.165, 1.54) is 0 Å². The maximum atomic E-state index is 9.55. The number of benzene rings is 2. The second-order valence-electron chi connectivity index (χ2n) is 2.95. The number of fused-ring (bicyclic) bond motifs is 1. The fourth-order valence-corrected chi connectivity index (χ4v) is 1.51. The topological polar surface area (TPSA) is 20.2 Å². The zero-order valence-corrected chi connectivity index (χ0v) is 11.4. The van der Waals surface area contributed by atoms with Crippen molar-refractivity contribution in [2.24, 2.45) is 0 Å². The monoisotopic (exact) mass is 278 g/mol. The Balaban J connectivity index is 0. The fraction of sp³-hybridized carbons (Fsp3) is 0.0909. The first-order chi connectivity index (χ1) is 5.79. The van der Waals surface area contributed by atoms with E-state index in [1.807, 2.05) is 37.3 Å². The molecule has 0 aliphatic rings. The van der Waals surface area contributed by atoms with Gasteiger partial charge in [0.15, 0.2) is 0 Å². The van der Waals surface area contributed by atoms with Gasteiger partial charge in [0.05, 0.1) is 0 Å². The Morgan fingerprint density at radius 2 is 1.47 bits per heavy atom. The van der Waals surface area contributed by atoms with E-state index in [1.54, 1.807) is 6.07 Å². The molecule has 1 N–H and O–H groups in total. The number of hydrogen-bond acceptors (Lipinski definition) is 1. The van der Waals surface area contributed by atoms with Crippen molar-refractivity contribution >= 4 is 35.6 Å². The van der Waals surface area contributed by atoms with E-state index in [2.05, 4.69) is 0 Å². The molecule has 0 spiro atoms. The summed E-state index contributed by atoms with van der Waals surface area (Å²) < 4.78 is 0. The van der Waals surface area contributed by atoms with Gasteiger partial charge in [0.1, 0.15) is 5.75 Å². The SMILES string of the molecule is Cc1cccc2cccc(O)c12.Cl.Cl.[Ti]. The quantitative estimate of drug-likeness (QED) is 0.729. The Morgan fingerprint density at radius 3 is 2.00 bits per heavy atom. The molecule has 2 aromatic rings. The molecular formula is C11H12Cl2OTi. The largest absolute Gasteiger partial charge is 0.507 e. The Kier molecular flexibility index (Phi) is 8.18. The molecule has 2 aromatic carbocycles. The van der Waals surface area contributed by atoms with Crippen molar-refractivity contribution in [3.05, 3.63) is 42.0 Å². The van der Waals surface area contributed by atoms with Gasteiger partial charge in [-0.05, 0) is 23.9 Å². The number of phenolic OH excluding ortho intramolecular Hbond substituents is 1. The van der Waals surface area contributed by atoms with Crippen molar-refractivity contribution in [2.45, 2.75) is 6.92 Å². The van der Waals surface area contributed by atoms with Gasteiger partial charge in [-0.3, -0.25) is 0 Å². The van der Waals surface area contributed by atoms with Crippen LogP contribution in [-0.4, -0.2) is 5.11 Å². The summed E-state index contributed by atoms with van der Waals surface area (Å²) in [5.41, 5.74) is 1.12. The number of halogens is 2. The maximum absolute atomic E-state index is 9.55. The van der Waals surface area contributed by atoms with Gasteiger partial charge in [-0.1, -0.05) is 30.3 Å². The van der Waals surface area contributed by atoms with Gasteiger partial charge >= 0.3 is 0 Å². The van der Waals surface area contributed by atoms with E-state index < -0.39 is 0 Å². The van der Waals surface area contributed by atoms with Gasteiger partial charge in [0.25, 0.3) is 0 Å². The van der Waals surface area contributed by atoms with Crippen LogP contribution in [0.4, 0.5) is 0 Å². The van der Waals surface area contributed by atoms with Gasteiger partial charge < -0.3 is 5.11 Å². The van der Waals surface area contributed by atoms with Crippen molar-refractivity contribution in [1.82, 2.24) is 0 Å². The van der Waals surface area contributed by atoms with Crippen molar-refractivity contribution in [3.63, 3.8) is 0 Å². The summed E-state index contributed by atoms with van der Waals surface area (Å²) >= 11 is 0. The Morgan fingerprint density at radius 1 is 0.933 bits per heavy atom. The molecule has 0 saturated heterocycles. The smallest absolute Gasteiger partial charge is 0.123 e. The minimum atomic E-state index is 0. The molecule has 2 rings (SSSR count). The van der Waals surface area contributed by atoms with Crippen LogP contribution in [0.5, 0.6) is 5.75 Å². The van der Waals surface area contributed by atoms with Crippen molar-refractivity contribution in [2.75, 3.05) is 0 Å². The summed E-state index contributed by atoms with van der Waals surface area (Å²) in [6.07, 6.45) is 0.